The molecule has 0 radical (unpaired) electrons. The molecule has 0 aliphatic heterocycles. The molecule has 0 aliphatic carbocycles. The highest BCUT2D eigenvalue weighted by molar-refractivity contribution is 5.75. The average Bonchev–Trinajstić information content (AvgIpc) is 2.20. The van der Waals surface area contributed by atoms with Gasteiger partial charge in [0.1, 0.15) is 0 Å². The Balaban J connectivity index is 3.56. The van der Waals surface area contributed by atoms with Gasteiger partial charge in [0.15, 0.2) is 0 Å². The summed E-state index contributed by atoms with van der Waals surface area (Å²) in [4.78, 5) is 21.4. The van der Waals surface area contributed by atoms with Crippen molar-refractivity contribution >= 4 is 11.9 Å². The van der Waals surface area contributed by atoms with Crippen molar-refractivity contribution in [2.75, 3.05) is 6.54 Å². The lowest BCUT2D eigenvalue weighted by atomic mass is 10.1. The number of hydrogen-bond acceptors (Lipinski definition) is 2. The van der Waals surface area contributed by atoms with Gasteiger partial charge in [0, 0.05) is 13.0 Å². The molecule has 0 aromatic carbocycles. The summed E-state index contributed by atoms with van der Waals surface area (Å²) in [7, 11) is 0. The van der Waals surface area contributed by atoms with Crippen LogP contribution in [0.4, 0.5) is 13.2 Å². The van der Waals surface area contributed by atoms with E-state index in [0.29, 0.717) is 12.8 Å². The molecule has 2 N–H and O–H groups in total. The van der Waals surface area contributed by atoms with Gasteiger partial charge in [-0.1, -0.05) is 6.92 Å². The Bertz CT molecular complexity index is 266. The van der Waals surface area contributed by atoms with Crippen LogP contribution in [0.15, 0.2) is 0 Å². The maximum Gasteiger partial charge on any atom is 0.389 e. The maximum atomic E-state index is 11.8. The lowest BCUT2D eigenvalue weighted by molar-refractivity contribution is -0.144. The third kappa shape index (κ3) is 9.65. The normalized spacial score (nSPS) is 13.2. The van der Waals surface area contributed by atoms with E-state index in [4.69, 9.17) is 5.11 Å². The molecular weight excluding hydrogens is 239 g/mol. The van der Waals surface area contributed by atoms with Crippen molar-refractivity contribution < 1.29 is 27.9 Å². The minimum absolute atomic E-state index is 0.203. The fourth-order valence-electron chi connectivity index (χ4n) is 1.10. The first-order valence-electron chi connectivity index (χ1n) is 5.28. The Kier molecular flexibility index (Phi) is 6.60. The van der Waals surface area contributed by atoms with Gasteiger partial charge >= 0.3 is 12.1 Å². The predicted molar refractivity (Wildman–Crippen MR) is 54.3 cm³/mol. The summed E-state index contributed by atoms with van der Waals surface area (Å²) in [5.41, 5.74) is 0. The summed E-state index contributed by atoms with van der Waals surface area (Å²) in [5, 5.41) is 10.9. The van der Waals surface area contributed by atoms with Crippen molar-refractivity contribution in [3.8, 4) is 0 Å². The van der Waals surface area contributed by atoms with E-state index in [1.165, 1.54) is 6.92 Å². The smallest absolute Gasteiger partial charge is 0.389 e. The van der Waals surface area contributed by atoms with Gasteiger partial charge in [-0.2, -0.15) is 13.2 Å². The molecule has 0 saturated heterocycles. The molecular formula is C10H16F3NO3. The van der Waals surface area contributed by atoms with E-state index in [2.05, 4.69) is 5.32 Å². The largest absolute Gasteiger partial charge is 0.481 e. The topological polar surface area (TPSA) is 66.4 Å². The van der Waals surface area contributed by atoms with Gasteiger partial charge in [-0.3, -0.25) is 9.59 Å². The molecule has 0 aliphatic rings. The van der Waals surface area contributed by atoms with Gasteiger partial charge in [0.2, 0.25) is 5.91 Å². The van der Waals surface area contributed by atoms with Crippen LogP contribution in [0.25, 0.3) is 0 Å². The molecule has 4 nitrogen and oxygen atoms in total. The van der Waals surface area contributed by atoms with E-state index in [1.807, 2.05) is 0 Å². The van der Waals surface area contributed by atoms with Crippen LogP contribution in [0.3, 0.4) is 0 Å². The number of aliphatic carboxylic acids is 1. The Morgan fingerprint density at radius 2 is 1.94 bits per heavy atom. The van der Waals surface area contributed by atoms with E-state index >= 15 is 0 Å². The van der Waals surface area contributed by atoms with Crippen molar-refractivity contribution in [2.45, 2.75) is 38.8 Å². The van der Waals surface area contributed by atoms with E-state index in [-0.39, 0.29) is 6.54 Å². The minimum atomic E-state index is -4.32. The summed E-state index contributed by atoms with van der Waals surface area (Å²) in [6, 6.07) is 0. The third-order valence-electron chi connectivity index (χ3n) is 2.19. The standard InChI is InChI=1S/C10H16F3NO3/c1-7(9(16)17)3-2-6-14-8(15)4-5-10(11,12)13/h7H,2-6H2,1H3,(H,14,15)(H,16,17). The van der Waals surface area contributed by atoms with E-state index in [1.54, 1.807) is 0 Å². The number of amides is 1. The number of carbonyl (C=O) groups is 2. The first-order valence-corrected chi connectivity index (χ1v) is 5.28. The SMILES string of the molecule is CC(CCCNC(=O)CCC(F)(F)F)C(=O)O. The zero-order valence-electron chi connectivity index (χ0n) is 9.51. The van der Waals surface area contributed by atoms with Crippen molar-refractivity contribution in [3.63, 3.8) is 0 Å². The molecule has 7 heteroatoms. The van der Waals surface area contributed by atoms with Crippen LogP contribution in [0.2, 0.25) is 0 Å². The quantitative estimate of drug-likeness (QED) is 0.683. The lowest BCUT2D eigenvalue weighted by Crippen LogP contribution is -2.26. The minimum Gasteiger partial charge on any atom is -0.481 e. The highest BCUT2D eigenvalue weighted by atomic mass is 19.4. The van der Waals surface area contributed by atoms with Crippen molar-refractivity contribution in [3.05, 3.63) is 0 Å². The number of carboxylic acid groups (broad SMARTS) is 1. The molecule has 1 atom stereocenters. The van der Waals surface area contributed by atoms with Crippen LogP contribution in [0.5, 0.6) is 0 Å². The molecule has 0 fully saturated rings. The predicted octanol–water partition coefficient (Wildman–Crippen LogP) is 1.95. The zero-order valence-corrected chi connectivity index (χ0v) is 9.51. The number of carbonyl (C=O) groups excluding carboxylic acids is 1. The highest BCUT2D eigenvalue weighted by Gasteiger charge is 2.27. The van der Waals surface area contributed by atoms with E-state index in [0.717, 1.165) is 0 Å². The summed E-state index contributed by atoms with van der Waals surface area (Å²) < 4.78 is 35.3. The molecule has 0 rings (SSSR count). The van der Waals surface area contributed by atoms with Crippen LogP contribution in [0.1, 0.15) is 32.6 Å². The second kappa shape index (κ2) is 7.13. The van der Waals surface area contributed by atoms with Crippen molar-refractivity contribution in [1.82, 2.24) is 5.32 Å². The second-order valence-electron chi connectivity index (χ2n) is 3.85. The molecule has 0 bridgehead atoms. The molecule has 1 amide bonds. The van der Waals surface area contributed by atoms with Gasteiger partial charge < -0.3 is 10.4 Å². The summed E-state index contributed by atoms with van der Waals surface area (Å²) in [6.07, 6.45) is -5.22. The zero-order chi connectivity index (χ0) is 13.5. The Morgan fingerprint density at radius 1 is 1.35 bits per heavy atom. The number of halogens is 3. The Hall–Kier alpha value is -1.27. The van der Waals surface area contributed by atoms with Crippen LogP contribution >= 0.6 is 0 Å². The third-order valence-corrected chi connectivity index (χ3v) is 2.19. The number of hydrogen-bond donors (Lipinski definition) is 2. The first kappa shape index (κ1) is 15.7. The summed E-state index contributed by atoms with van der Waals surface area (Å²) >= 11 is 0. The molecule has 1 unspecified atom stereocenters. The lowest BCUT2D eigenvalue weighted by Gasteiger charge is -2.08. The molecule has 100 valence electrons. The van der Waals surface area contributed by atoms with E-state index < -0.39 is 36.8 Å². The summed E-state index contributed by atoms with van der Waals surface area (Å²) in [5.74, 6) is -2.10. The van der Waals surface area contributed by atoms with Crippen molar-refractivity contribution in [1.29, 1.82) is 0 Å². The van der Waals surface area contributed by atoms with Crippen LogP contribution in [-0.4, -0.2) is 29.7 Å². The highest BCUT2D eigenvalue weighted by Crippen LogP contribution is 2.20. The summed E-state index contributed by atoms with van der Waals surface area (Å²) in [6.45, 7) is 1.74. The maximum absolute atomic E-state index is 11.8. The monoisotopic (exact) mass is 255 g/mol. The molecule has 0 heterocycles. The van der Waals surface area contributed by atoms with Crippen LogP contribution in [-0.2, 0) is 9.59 Å². The Labute approximate surface area is 97.2 Å². The fraction of sp³-hybridized carbons (Fsp3) is 0.800. The van der Waals surface area contributed by atoms with Gasteiger partial charge in [0.05, 0.1) is 12.3 Å². The first-order chi connectivity index (χ1) is 7.72. The van der Waals surface area contributed by atoms with E-state index in [9.17, 15) is 22.8 Å². The van der Waals surface area contributed by atoms with Gasteiger partial charge in [-0.15, -0.1) is 0 Å². The number of nitrogens with one attached hydrogen (secondary N) is 1. The molecule has 17 heavy (non-hydrogen) atoms. The molecule has 0 aromatic rings. The average molecular weight is 255 g/mol. The van der Waals surface area contributed by atoms with Crippen LogP contribution in [0, 0.1) is 5.92 Å². The number of carboxylic acids is 1. The number of rotatable bonds is 7. The van der Waals surface area contributed by atoms with Gasteiger partial charge in [-0.25, -0.2) is 0 Å². The Morgan fingerprint density at radius 3 is 2.41 bits per heavy atom. The van der Waals surface area contributed by atoms with Gasteiger partial charge in [-0.05, 0) is 12.8 Å². The molecule has 0 saturated carbocycles. The van der Waals surface area contributed by atoms with Crippen molar-refractivity contribution in [2.24, 2.45) is 5.92 Å². The second-order valence-corrected chi connectivity index (χ2v) is 3.85. The number of alkyl halides is 3. The fourth-order valence-corrected chi connectivity index (χ4v) is 1.10. The van der Waals surface area contributed by atoms with Gasteiger partial charge in [0.25, 0.3) is 0 Å². The molecule has 0 spiro atoms. The molecule has 0 aromatic heterocycles. The van der Waals surface area contributed by atoms with Crippen LogP contribution < -0.4 is 5.32 Å².